The molecule has 23 heavy (non-hydrogen) atoms. The minimum atomic E-state index is -0.286. The lowest BCUT2D eigenvalue weighted by atomic mass is 10.1. The van der Waals surface area contributed by atoms with Crippen molar-refractivity contribution < 1.29 is 26.4 Å². The number of rotatable bonds is 10. The molecule has 0 saturated heterocycles. The average Bonchev–Trinajstić information content (AvgIpc) is 2.48. The lowest BCUT2D eigenvalue weighted by molar-refractivity contribution is -0.941. The third kappa shape index (κ3) is 7.67. The van der Waals surface area contributed by atoms with Gasteiger partial charge in [-0.05, 0) is 19.8 Å². The molecule has 1 aromatic carbocycles. The maximum atomic E-state index is 11.6. The standard InChI is InChI=1S/C19H30NO2.ClH/c1-5-12-20(13-6-2,14-15-22-19(21)17(3)4)16-18-10-8-7-9-11-18;/h7-11H,3,5-6,12-16H2,1-2,4H3;1H/q+1;/p-1. The van der Waals surface area contributed by atoms with Crippen molar-refractivity contribution in [2.45, 2.75) is 40.2 Å². The molecule has 0 aliphatic rings. The first kappa shape index (κ1) is 21.7. The van der Waals surface area contributed by atoms with Crippen LogP contribution < -0.4 is 12.4 Å². The van der Waals surface area contributed by atoms with Gasteiger partial charge in [-0.15, -0.1) is 0 Å². The second kappa shape index (κ2) is 11.3. The Balaban J connectivity index is 0.00000484. The molecule has 0 aliphatic carbocycles. The van der Waals surface area contributed by atoms with E-state index in [1.165, 1.54) is 5.56 Å². The number of benzene rings is 1. The van der Waals surface area contributed by atoms with Gasteiger partial charge in [0.05, 0.1) is 13.1 Å². The molecule has 0 unspecified atom stereocenters. The van der Waals surface area contributed by atoms with Gasteiger partial charge in [0.1, 0.15) is 19.7 Å². The predicted molar refractivity (Wildman–Crippen MR) is 91.4 cm³/mol. The summed E-state index contributed by atoms with van der Waals surface area (Å²) in [5.41, 5.74) is 1.81. The van der Waals surface area contributed by atoms with Crippen molar-refractivity contribution >= 4 is 5.97 Å². The first-order chi connectivity index (χ1) is 10.5. The summed E-state index contributed by atoms with van der Waals surface area (Å²) < 4.78 is 6.31. The van der Waals surface area contributed by atoms with Crippen molar-refractivity contribution in [2.75, 3.05) is 26.2 Å². The number of halogens is 1. The van der Waals surface area contributed by atoms with Crippen LogP contribution in [0.1, 0.15) is 39.2 Å². The van der Waals surface area contributed by atoms with Gasteiger partial charge in [0.2, 0.25) is 0 Å². The quantitative estimate of drug-likeness (QED) is 0.360. The smallest absolute Gasteiger partial charge is 0.333 e. The number of esters is 1. The third-order valence-electron chi connectivity index (χ3n) is 3.90. The van der Waals surface area contributed by atoms with E-state index in [2.05, 4.69) is 44.7 Å². The van der Waals surface area contributed by atoms with E-state index >= 15 is 0 Å². The van der Waals surface area contributed by atoms with Crippen LogP contribution in [0.15, 0.2) is 42.5 Å². The number of nitrogens with zero attached hydrogens (tertiary/aromatic N) is 1. The van der Waals surface area contributed by atoms with Crippen LogP contribution in [0.5, 0.6) is 0 Å². The predicted octanol–water partition coefficient (Wildman–Crippen LogP) is 0.947. The van der Waals surface area contributed by atoms with Crippen molar-refractivity contribution in [3.05, 3.63) is 48.0 Å². The highest BCUT2D eigenvalue weighted by Crippen LogP contribution is 2.17. The summed E-state index contributed by atoms with van der Waals surface area (Å²) in [5, 5.41) is 0. The molecule has 0 radical (unpaired) electrons. The first-order valence-electron chi connectivity index (χ1n) is 8.24. The second-order valence-electron chi connectivity index (χ2n) is 6.07. The van der Waals surface area contributed by atoms with Crippen LogP contribution in [-0.2, 0) is 16.1 Å². The van der Waals surface area contributed by atoms with Crippen molar-refractivity contribution in [1.29, 1.82) is 0 Å². The molecule has 0 N–H and O–H groups in total. The number of hydrogen-bond donors (Lipinski definition) is 0. The molecule has 1 aromatic rings. The Hall–Kier alpha value is -1.32. The van der Waals surface area contributed by atoms with Gasteiger partial charge in [-0.25, -0.2) is 4.79 Å². The minimum Gasteiger partial charge on any atom is -1.00 e. The van der Waals surface area contributed by atoms with Crippen LogP contribution in [-0.4, -0.2) is 36.7 Å². The molecule has 0 heterocycles. The normalized spacial score (nSPS) is 10.7. The Labute approximate surface area is 147 Å². The number of carbonyl (C=O) groups is 1. The van der Waals surface area contributed by atoms with Crippen molar-refractivity contribution in [3.8, 4) is 0 Å². The van der Waals surface area contributed by atoms with Crippen molar-refractivity contribution in [2.24, 2.45) is 0 Å². The van der Waals surface area contributed by atoms with E-state index in [1.54, 1.807) is 6.92 Å². The Morgan fingerprint density at radius 3 is 2.13 bits per heavy atom. The van der Waals surface area contributed by atoms with E-state index in [9.17, 15) is 4.79 Å². The maximum Gasteiger partial charge on any atom is 0.333 e. The molecule has 0 amide bonds. The summed E-state index contributed by atoms with van der Waals surface area (Å²) in [7, 11) is 0. The van der Waals surface area contributed by atoms with E-state index < -0.39 is 0 Å². The van der Waals surface area contributed by atoms with E-state index in [1.807, 2.05) is 6.07 Å². The van der Waals surface area contributed by atoms with Crippen molar-refractivity contribution in [3.63, 3.8) is 0 Å². The monoisotopic (exact) mass is 339 g/mol. The molecule has 1 rings (SSSR count). The molecule has 0 atom stereocenters. The lowest BCUT2D eigenvalue weighted by Crippen LogP contribution is -3.00. The van der Waals surface area contributed by atoms with E-state index in [0.717, 1.165) is 43.5 Å². The summed E-state index contributed by atoms with van der Waals surface area (Å²) >= 11 is 0. The van der Waals surface area contributed by atoms with Crippen LogP contribution in [0, 0.1) is 0 Å². The molecular weight excluding hydrogens is 310 g/mol. The topological polar surface area (TPSA) is 26.3 Å². The fourth-order valence-electron chi connectivity index (χ4n) is 2.95. The summed E-state index contributed by atoms with van der Waals surface area (Å²) in [6, 6.07) is 10.6. The van der Waals surface area contributed by atoms with Gasteiger partial charge < -0.3 is 21.6 Å². The summed E-state index contributed by atoms with van der Waals surface area (Å²) in [5.74, 6) is -0.286. The zero-order chi connectivity index (χ0) is 16.4. The Morgan fingerprint density at radius 1 is 1.09 bits per heavy atom. The van der Waals surface area contributed by atoms with Gasteiger partial charge in [0.25, 0.3) is 0 Å². The van der Waals surface area contributed by atoms with E-state index in [-0.39, 0.29) is 18.4 Å². The SMILES string of the molecule is C=C(C)C(=O)OCC[N+](CCC)(CCC)Cc1ccccc1.[Cl-]. The van der Waals surface area contributed by atoms with Gasteiger partial charge in [-0.1, -0.05) is 50.8 Å². The molecule has 0 fully saturated rings. The Morgan fingerprint density at radius 2 is 1.65 bits per heavy atom. The molecule has 0 spiro atoms. The van der Waals surface area contributed by atoms with Gasteiger partial charge in [-0.2, -0.15) is 0 Å². The molecule has 130 valence electrons. The Kier molecular flexibility index (Phi) is 10.6. The zero-order valence-corrected chi connectivity index (χ0v) is 15.4. The first-order valence-corrected chi connectivity index (χ1v) is 8.24. The summed E-state index contributed by atoms with van der Waals surface area (Å²) in [6.07, 6.45) is 2.25. The van der Waals surface area contributed by atoms with Crippen LogP contribution >= 0.6 is 0 Å². The Bertz CT molecular complexity index is 468. The molecule has 0 bridgehead atoms. The molecule has 0 saturated carbocycles. The second-order valence-corrected chi connectivity index (χ2v) is 6.07. The van der Waals surface area contributed by atoms with Crippen LogP contribution in [0.4, 0.5) is 0 Å². The van der Waals surface area contributed by atoms with Crippen LogP contribution in [0.2, 0.25) is 0 Å². The van der Waals surface area contributed by atoms with Gasteiger partial charge in [0, 0.05) is 11.1 Å². The van der Waals surface area contributed by atoms with E-state index in [0.29, 0.717) is 12.2 Å². The van der Waals surface area contributed by atoms with Crippen LogP contribution in [0.25, 0.3) is 0 Å². The molecule has 3 nitrogen and oxygen atoms in total. The highest BCUT2D eigenvalue weighted by atomic mass is 35.5. The van der Waals surface area contributed by atoms with E-state index in [4.69, 9.17) is 4.74 Å². The van der Waals surface area contributed by atoms with Crippen LogP contribution in [0.3, 0.4) is 0 Å². The third-order valence-corrected chi connectivity index (χ3v) is 3.90. The average molecular weight is 340 g/mol. The summed E-state index contributed by atoms with van der Waals surface area (Å²) in [6.45, 7) is 14.3. The highest BCUT2D eigenvalue weighted by Gasteiger charge is 2.26. The lowest BCUT2D eigenvalue weighted by Gasteiger charge is -2.38. The number of hydrogen-bond acceptors (Lipinski definition) is 2. The number of carbonyl (C=O) groups excluding carboxylic acids is 1. The van der Waals surface area contributed by atoms with Gasteiger partial charge in [-0.3, -0.25) is 0 Å². The number of quaternary nitrogens is 1. The fraction of sp³-hybridized carbons (Fsp3) is 0.526. The van der Waals surface area contributed by atoms with Crippen molar-refractivity contribution in [1.82, 2.24) is 0 Å². The molecular formula is C19H30ClNO2. The molecule has 0 aromatic heterocycles. The summed E-state index contributed by atoms with van der Waals surface area (Å²) in [4.78, 5) is 11.6. The zero-order valence-electron chi connectivity index (χ0n) is 14.7. The molecule has 0 aliphatic heterocycles. The minimum absolute atomic E-state index is 0. The maximum absolute atomic E-state index is 11.6. The van der Waals surface area contributed by atoms with Gasteiger partial charge in [0.15, 0.2) is 0 Å². The number of ether oxygens (including phenoxy) is 1. The fourth-order valence-corrected chi connectivity index (χ4v) is 2.95. The molecule has 4 heteroatoms. The van der Waals surface area contributed by atoms with Gasteiger partial charge >= 0.3 is 5.97 Å². The highest BCUT2D eigenvalue weighted by molar-refractivity contribution is 5.86. The largest absolute Gasteiger partial charge is 1.00 e.